The highest BCUT2D eigenvalue weighted by Gasteiger charge is 2.21. The van der Waals surface area contributed by atoms with Crippen LogP contribution in [0.4, 0.5) is 10.1 Å². The second-order valence-corrected chi connectivity index (χ2v) is 7.23. The van der Waals surface area contributed by atoms with Crippen LogP contribution in [-0.2, 0) is 9.59 Å². The van der Waals surface area contributed by atoms with E-state index in [0.717, 1.165) is 25.7 Å². The van der Waals surface area contributed by atoms with Crippen molar-refractivity contribution in [3.63, 3.8) is 0 Å². The number of benzene rings is 2. The van der Waals surface area contributed by atoms with Crippen LogP contribution >= 0.6 is 0 Å². The van der Waals surface area contributed by atoms with E-state index in [1.165, 1.54) is 42.8 Å². The molecule has 30 heavy (non-hydrogen) atoms. The van der Waals surface area contributed by atoms with Gasteiger partial charge in [0.2, 0.25) is 5.91 Å². The molecule has 0 aromatic heterocycles. The number of amides is 3. The van der Waals surface area contributed by atoms with Crippen LogP contribution in [0.2, 0.25) is 0 Å². The maximum absolute atomic E-state index is 12.9. The van der Waals surface area contributed by atoms with Crippen molar-refractivity contribution in [3.8, 4) is 0 Å². The van der Waals surface area contributed by atoms with Crippen molar-refractivity contribution < 1.29 is 18.8 Å². The molecule has 3 rings (SSSR count). The Labute approximate surface area is 174 Å². The lowest BCUT2D eigenvalue weighted by Gasteiger charge is -2.20. The number of anilines is 1. The molecule has 1 saturated carbocycles. The Hall–Kier alpha value is -3.48. The highest BCUT2D eigenvalue weighted by atomic mass is 19.1. The molecule has 156 valence electrons. The van der Waals surface area contributed by atoms with Crippen LogP contribution in [0.15, 0.2) is 54.6 Å². The SMILES string of the molecule is O=C(C=Cc1ccc(F)cc1)NNC(=O)c1ccc(NC(=O)C2CCCCC2)cc1. The summed E-state index contributed by atoms with van der Waals surface area (Å²) < 4.78 is 12.9. The van der Waals surface area contributed by atoms with Gasteiger partial charge in [-0.25, -0.2) is 4.39 Å². The average molecular weight is 409 g/mol. The Balaban J connectivity index is 1.46. The zero-order valence-electron chi connectivity index (χ0n) is 16.5. The quantitative estimate of drug-likeness (QED) is 0.518. The predicted octanol–water partition coefficient (Wildman–Crippen LogP) is 3.82. The molecule has 2 aromatic rings. The van der Waals surface area contributed by atoms with Gasteiger partial charge in [-0.15, -0.1) is 0 Å². The molecule has 1 fully saturated rings. The van der Waals surface area contributed by atoms with Gasteiger partial charge in [0.05, 0.1) is 0 Å². The topological polar surface area (TPSA) is 87.3 Å². The third kappa shape index (κ3) is 6.27. The van der Waals surface area contributed by atoms with E-state index in [9.17, 15) is 18.8 Å². The minimum Gasteiger partial charge on any atom is -0.326 e. The van der Waals surface area contributed by atoms with Crippen LogP contribution in [0.1, 0.15) is 48.0 Å². The molecule has 0 spiro atoms. The smallest absolute Gasteiger partial charge is 0.269 e. The first kappa shape index (κ1) is 21.2. The summed E-state index contributed by atoms with van der Waals surface area (Å²) in [6, 6.07) is 12.1. The molecule has 0 saturated heterocycles. The van der Waals surface area contributed by atoms with E-state index in [2.05, 4.69) is 16.2 Å². The Kier molecular flexibility index (Phi) is 7.32. The Morgan fingerprint density at radius 2 is 1.53 bits per heavy atom. The van der Waals surface area contributed by atoms with Crippen LogP contribution in [-0.4, -0.2) is 17.7 Å². The first-order valence-corrected chi connectivity index (χ1v) is 9.96. The van der Waals surface area contributed by atoms with Crippen molar-refractivity contribution in [2.45, 2.75) is 32.1 Å². The lowest BCUT2D eigenvalue weighted by Crippen LogP contribution is -2.40. The predicted molar refractivity (Wildman–Crippen MR) is 113 cm³/mol. The summed E-state index contributed by atoms with van der Waals surface area (Å²) in [5.41, 5.74) is 6.23. The Morgan fingerprint density at radius 3 is 2.20 bits per heavy atom. The second-order valence-electron chi connectivity index (χ2n) is 7.23. The fraction of sp³-hybridized carbons (Fsp3) is 0.261. The summed E-state index contributed by atoms with van der Waals surface area (Å²) in [6.45, 7) is 0. The van der Waals surface area contributed by atoms with Gasteiger partial charge in [-0.05, 0) is 60.9 Å². The van der Waals surface area contributed by atoms with Crippen molar-refractivity contribution >= 4 is 29.5 Å². The van der Waals surface area contributed by atoms with Gasteiger partial charge in [-0.1, -0.05) is 31.4 Å². The zero-order valence-corrected chi connectivity index (χ0v) is 16.5. The van der Waals surface area contributed by atoms with Gasteiger partial charge in [0.25, 0.3) is 11.8 Å². The molecule has 6 nitrogen and oxygen atoms in total. The van der Waals surface area contributed by atoms with Crippen molar-refractivity contribution in [2.24, 2.45) is 5.92 Å². The first-order valence-electron chi connectivity index (χ1n) is 9.96. The number of halogens is 1. The molecular weight excluding hydrogens is 385 g/mol. The third-order valence-corrected chi connectivity index (χ3v) is 4.99. The van der Waals surface area contributed by atoms with Crippen LogP contribution in [0, 0.1) is 11.7 Å². The Bertz CT molecular complexity index is 918. The normalized spacial score (nSPS) is 14.3. The van der Waals surface area contributed by atoms with Crippen molar-refractivity contribution in [1.82, 2.24) is 10.9 Å². The lowest BCUT2D eigenvalue weighted by atomic mass is 9.88. The van der Waals surface area contributed by atoms with E-state index < -0.39 is 11.8 Å². The number of hydrogen-bond acceptors (Lipinski definition) is 3. The summed E-state index contributed by atoms with van der Waals surface area (Å²) in [5, 5.41) is 2.89. The zero-order chi connectivity index (χ0) is 21.3. The fourth-order valence-corrected chi connectivity index (χ4v) is 3.29. The van der Waals surface area contributed by atoms with E-state index in [1.54, 1.807) is 24.3 Å². The van der Waals surface area contributed by atoms with Gasteiger partial charge in [-0.3, -0.25) is 25.2 Å². The average Bonchev–Trinajstić information content (AvgIpc) is 2.78. The monoisotopic (exact) mass is 409 g/mol. The fourth-order valence-electron chi connectivity index (χ4n) is 3.29. The molecule has 0 atom stereocenters. The number of hydrogen-bond donors (Lipinski definition) is 3. The van der Waals surface area contributed by atoms with Crippen LogP contribution in [0.5, 0.6) is 0 Å². The number of nitrogens with one attached hydrogen (secondary N) is 3. The number of carbonyl (C=O) groups excluding carboxylic acids is 3. The summed E-state index contributed by atoms with van der Waals surface area (Å²) in [5.74, 6) is -1.29. The molecule has 1 aliphatic carbocycles. The molecule has 0 heterocycles. The van der Waals surface area contributed by atoms with E-state index in [-0.39, 0.29) is 17.6 Å². The standard InChI is InChI=1S/C23H24FN3O3/c24-19-11-6-16(7-12-19)8-15-21(28)26-27-23(30)18-9-13-20(14-10-18)25-22(29)17-4-2-1-3-5-17/h6-15,17H,1-5H2,(H,25,29)(H,26,28)(H,27,30). The van der Waals surface area contributed by atoms with Crippen molar-refractivity contribution in [2.75, 3.05) is 5.32 Å². The minimum absolute atomic E-state index is 0.0205. The molecule has 3 N–H and O–H groups in total. The van der Waals surface area contributed by atoms with Crippen molar-refractivity contribution in [3.05, 3.63) is 71.6 Å². The molecule has 7 heteroatoms. The molecule has 0 unspecified atom stereocenters. The van der Waals surface area contributed by atoms with E-state index in [1.807, 2.05) is 0 Å². The second kappa shape index (κ2) is 10.3. The van der Waals surface area contributed by atoms with Gasteiger partial charge < -0.3 is 5.32 Å². The van der Waals surface area contributed by atoms with Gasteiger partial charge >= 0.3 is 0 Å². The van der Waals surface area contributed by atoms with Crippen LogP contribution in [0.3, 0.4) is 0 Å². The largest absolute Gasteiger partial charge is 0.326 e. The number of hydrazine groups is 1. The molecular formula is C23H24FN3O3. The van der Waals surface area contributed by atoms with Crippen LogP contribution in [0.25, 0.3) is 6.08 Å². The lowest BCUT2D eigenvalue weighted by molar-refractivity contribution is -0.120. The molecule has 3 amide bonds. The minimum atomic E-state index is -0.524. The maximum Gasteiger partial charge on any atom is 0.269 e. The van der Waals surface area contributed by atoms with Gasteiger partial charge in [0, 0.05) is 23.2 Å². The third-order valence-electron chi connectivity index (χ3n) is 4.99. The summed E-state index contributed by atoms with van der Waals surface area (Å²) in [4.78, 5) is 36.3. The highest BCUT2D eigenvalue weighted by molar-refractivity contribution is 5.98. The number of rotatable bonds is 5. The van der Waals surface area contributed by atoms with E-state index >= 15 is 0 Å². The maximum atomic E-state index is 12.9. The molecule has 0 bridgehead atoms. The first-order chi connectivity index (χ1) is 14.5. The summed E-state index contributed by atoms with van der Waals surface area (Å²) in [6.07, 6.45) is 7.93. The molecule has 0 radical (unpaired) electrons. The van der Waals surface area contributed by atoms with Gasteiger partial charge in [0.15, 0.2) is 0 Å². The van der Waals surface area contributed by atoms with Crippen LogP contribution < -0.4 is 16.2 Å². The summed E-state index contributed by atoms with van der Waals surface area (Å²) in [7, 11) is 0. The van der Waals surface area contributed by atoms with Gasteiger partial charge in [-0.2, -0.15) is 0 Å². The summed E-state index contributed by atoms with van der Waals surface area (Å²) >= 11 is 0. The van der Waals surface area contributed by atoms with Crippen molar-refractivity contribution in [1.29, 1.82) is 0 Å². The highest BCUT2D eigenvalue weighted by Crippen LogP contribution is 2.25. The van der Waals surface area contributed by atoms with E-state index in [0.29, 0.717) is 16.8 Å². The molecule has 1 aliphatic rings. The number of carbonyl (C=O) groups is 3. The Morgan fingerprint density at radius 1 is 0.867 bits per heavy atom. The van der Waals surface area contributed by atoms with Gasteiger partial charge in [0.1, 0.15) is 5.82 Å². The molecule has 2 aromatic carbocycles. The van der Waals surface area contributed by atoms with E-state index in [4.69, 9.17) is 0 Å². The molecule has 0 aliphatic heterocycles.